The van der Waals surface area contributed by atoms with Gasteiger partial charge in [0.15, 0.2) is 0 Å². The molecular formula is C13H14FN3O. The van der Waals surface area contributed by atoms with Crippen molar-refractivity contribution in [2.45, 2.75) is 13.3 Å². The minimum absolute atomic E-state index is 0.0671. The molecule has 1 aromatic rings. The molecular weight excluding hydrogens is 233 g/mol. The Kier molecular flexibility index (Phi) is 3.30. The highest BCUT2D eigenvalue weighted by molar-refractivity contribution is 5.95. The third-order valence-corrected chi connectivity index (χ3v) is 3.26. The zero-order valence-corrected chi connectivity index (χ0v) is 10.1. The Labute approximate surface area is 105 Å². The lowest BCUT2D eigenvalue weighted by Crippen LogP contribution is -2.35. The molecule has 1 aliphatic rings. The molecule has 94 valence electrons. The van der Waals surface area contributed by atoms with E-state index in [4.69, 9.17) is 5.26 Å². The molecule has 1 heterocycles. The van der Waals surface area contributed by atoms with E-state index >= 15 is 0 Å². The van der Waals surface area contributed by atoms with Crippen molar-refractivity contribution in [3.63, 3.8) is 0 Å². The average molecular weight is 247 g/mol. The predicted molar refractivity (Wildman–Crippen MR) is 65.3 cm³/mol. The summed E-state index contributed by atoms with van der Waals surface area (Å²) >= 11 is 0. The van der Waals surface area contributed by atoms with E-state index in [1.165, 1.54) is 18.2 Å². The highest BCUT2D eigenvalue weighted by Gasteiger charge is 2.36. The van der Waals surface area contributed by atoms with Crippen LogP contribution in [0.3, 0.4) is 0 Å². The van der Waals surface area contributed by atoms with Crippen molar-refractivity contribution in [3.05, 3.63) is 29.6 Å². The Balaban J connectivity index is 2.15. The molecule has 0 radical (unpaired) electrons. The molecule has 5 heteroatoms. The number of halogens is 1. The number of hydrogen-bond donors (Lipinski definition) is 2. The van der Waals surface area contributed by atoms with Gasteiger partial charge in [-0.15, -0.1) is 0 Å². The molecule has 0 unspecified atom stereocenters. The smallest absolute Gasteiger partial charge is 0.231 e. The number of nitrogens with zero attached hydrogens (tertiary/aromatic N) is 1. The summed E-state index contributed by atoms with van der Waals surface area (Å²) in [5, 5.41) is 14.6. The topological polar surface area (TPSA) is 64.9 Å². The number of nitriles is 1. The van der Waals surface area contributed by atoms with Crippen LogP contribution in [0.15, 0.2) is 18.2 Å². The van der Waals surface area contributed by atoms with Gasteiger partial charge in [-0.3, -0.25) is 4.79 Å². The van der Waals surface area contributed by atoms with Gasteiger partial charge in [0.2, 0.25) is 5.91 Å². The SMILES string of the molecule is C[C@]1(C(=O)Nc2ccc(F)c(C#N)c2)CCNC1. The molecule has 1 aliphatic heterocycles. The quantitative estimate of drug-likeness (QED) is 0.835. The maximum atomic E-state index is 13.1. The van der Waals surface area contributed by atoms with Crippen LogP contribution in [0.25, 0.3) is 0 Å². The van der Waals surface area contributed by atoms with Gasteiger partial charge >= 0.3 is 0 Å². The third kappa shape index (κ3) is 2.34. The van der Waals surface area contributed by atoms with Crippen LogP contribution < -0.4 is 10.6 Å². The summed E-state index contributed by atoms with van der Waals surface area (Å²) in [6, 6.07) is 5.74. The van der Waals surface area contributed by atoms with Crippen LogP contribution >= 0.6 is 0 Å². The minimum Gasteiger partial charge on any atom is -0.326 e. The largest absolute Gasteiger partial charge is 0.326 e. The Morgan fingerprint density at radius 1 is 1.61 bits per heavy atom. The van der Waals surface area contributed by atoms with Gasteiger partial charge in [0.1, 0.15) is 11.9 Å². The van der Waals surface area contributed by atoms with Crippen LogP contribution in [0.4, 0.5) is 10.1 Å². The highest BCUT2D eigenvalue weighted by Crippen LogP contribution is 2.26. The van der Waals surface area contributed by atoms with E-state index in [2.05, 4.69) is 10.6 Å². The van der Waals surface area contributed by atoms with Gasteiger partial charge < -0.3 is 10.6 Å². The lowest BCUT2D eigenvalue weighted by Gasteiger charge is -2.21. The van der Waals surface area contributed by atoms with Gasteiger partial charge in [0, 0.05) is 12.2 Å². The summed E-state index contributed by atoms with van der Waals surface area (Å²) in [6.45, 7) is 3.33. The van der Waals surface area contributed by atoms with Crippen LogP contribution in [-0.2, 0) is 4.79 Å². The molecule has 0 aromatic heterocycles. The summed E-state index contributed by atoms with van der Waals surface area (Å²) < 4.78 is 13.1. The second-order valence-corrected chi connectivity index (χ2v) is 4.75. The fourth-order valence-corrected chi connectivity index (χ4v) is 1.98. The van der Waals surface area contributed by atoms with Crippen LogP contribution in [0.1, 0.15) is 18.9 Å². The molecule has 18 heavy (non-hydrogen) atoms. The highest BCUT2D eigenvalue weighted by atomic mass is 19.1. The zero-order chi connectivity index (χ0) is 13.2. The lowest BCUT2D eigenvalue weighted by atomic mass is 9.88. The van der Waals surface area contributed by atoms with Crippen molar-refractivity contribution in [1.82, 2.24) is 5.32 Å². The molecule has 1 atom stereocenters. The van der Waals surface area contributed by atoms with Gasteiger partial charge in [0.05, 0.1) is 11.0 Å². The second-order valence-electron chi connectivity index (χ2n) is 4.75. The number of hydrogen-bond acceptors (Lipinski definition) is 3. The van der Waals surface area contributed by atoms with Crippen molar-refractivity contribution >= 4 is 11.6 Å². The molecule has 0 saturated carbocycles. The van der Waals surface area contributed by atoms with Crippen molar-refractivity contribution in [3.8, 4) is 6.07 Å². The third-order valence-electron chi connectivity index (χ3n) is 3.26. The molecule has 2 N–H and O–H groups in total. The van der Waals surface area contributed by atoms with Crippen LogP contribution in [0, 0.1) is 22.6 Å². The molecule has 0 bridgehead atoms. The number of rotatable bonds is 2. The number of amides is 1. The van der Waals surface area contributed by atoms with E-state index in [1.807, 2.05) is 6.92 Å². The van der Waals surface area contributed by atoms with Gasteiger partial charge in [-0.25, -0.2) is 4.39 Å². The summed E-state index contributed by atoms with van der Waals surface area (Å²) in [6.07, 6.45) is 0.769. The van der Waals surface area contributed by atoms with E-state index in [9.17, 15) is 9.18 Å². The van der Waals surface area contributed by atoms with Gasteiger partial charge in [-0.05, 0) is 38.1 Å². The van der Waals surface area contributed by atoms with E-state index in [0.717, 1.165) is 13.0 Å². The predicted octanol–water partition coefficient (Wildman–Crippen LogP) is 1.64. The number of carbonyl (C=O) groups is 1. The average Bonchev–Trinajstić information content (AvgIpc) is 2.80. The van der Waals surface area contributed by atoms with E-state index in [-0.39, 0.29) is 11.5 Å². The second kappa shape index (κ2) is 4.75. The molecule has 1 saturated heterocycles. The fraction of sp³-hybridized carbons (Fsp3) is 0.385. The van der Waals surface area contributed by atoms with Crippen molar-refractivity contribution in [2.75, 3.05) is 18.4 Å². The van der Waals surface area contributed by atoms with Crippen LogP contribution in [0.2, 0.25) is 0 Å². The number of benzene rings is 1. The lowest BCUT2D eigenvalue weighted by molar-refractivity contribution is -0.123. The standard InChI is InChI=1S/C13H14FN3O/c1-13(4-5-16-8-13)12(18)17-10-2-3-11(14)9(6-10)7-15/h2-3,6,16H,4-5,8H2,1H3,(H,17,18)/t13-/m0/s1. The Morgan fingerprint density at radius 3 is 3.00 bits per heavy atom. The number of anilines is 1. The van der Waals surface area contributed by atoms with Gasteiger partial charge in [-0.2, -0.15) is 5.26 Å². The Bertz CT molecular complexity index is 515. The monoisotopic (exact) mass is 247 g/mol. The van der Waals surface area contributed by atoms with E-state index in [1.54, 1.807) is 6.07 Å². The molecule has 1 amide bonds. The minimum atomic E-state index is -0.579. The zero-order valence-electron chi connectivity index (χ0n) is 10.1. The first-order chi connectivity index (χ1) is 8.55. The van der Waals surface area contributed by atoms with Crippen molar-refractivity contribution < 1.29 is 9.18 Å². The summed E-state index contributed by atoms with van der Waals surface area (Å²) in [5.41, 5.74) is -0.0603. The first kappa shape index (κ1) is 12.5. The fourth-order valence-electron chi connectivity index (χ4n) is 1.98. The first-order valence-corrected chi connectivity index (χ1v) is 5.77. The van der Waals surface area contributed by atoms with Crippen molar-refractivity contribution in [2.24, 2.45) is 5.41 Å². The van der Waals surface area contributed by atoms with E-state index < -0.39 is 11.2 Å². The Morgan fingerprint density at radius 2 is 2.39 bits per heavy atom. The summed E-state index contributed by atoms with van der Waals surface area (Å²) in [7, 11) is 0. The molecule has 1 aromatic carbocycles. The van der Waals surface area contributed by atoms with Gasteiger partial charge in [-0.1, -0.05) is 0 Å². The summed E-state index contributed by atoms with van der Waals surface area (Å²) in [5.74, 6) is -0.688. The number of nitrogens with one attached hydrogen (secondary N) is 2. The first-order valence-electron chi connectivity index (χ1n) is 5.77. The number of carbonyl (C=O) groups excluding carboxylic acids is 1. The van der Waals surface area contributed by atoms with Crippen LogP contribution in [-0.4, -0.2) is 19.0 Å². The maximum absolute atomic E-state index is 13.1. The Hall–Kier alpha value is -1.93. The molecule has 2 rings (SSSR count). The van der Waals surface area contributed by atoms with Gasteiger partial charge in [0.25, 0.3) is 0 Å². The molecule has 1 fully saturated rings. The normalized spacial score (nSPS) is 22.5. The maximum Gasteiger partial charge on any atom is 0.231 e. The molecule has 0 spiro atoms. The van der Waals surface area contributed by atoms with Crippen molar-refractivity contribution in [1.29, 1.82) is 5.26 Å². The molecule has 4 nitrogen and oxygen atoms in total. The van der Waals surface area contributed by atoms with E-state index in [0.29, 0.717) is 12.2 Å². The summed E-state index contributed by atoms with van der Waals surface area (Å²) in [4.78, 5) is 12.1. The molecule has 0 aliphatic carbocycles. The van der Waals surface area contributed by atoms with Crippen LogP contribution in [0.5, 0.6) is 0 Å².